The molecule has 2 aromatic rings. The van der Waals surface area contributed by atoms with E-state index in [0.717, 1.165) is 25.0 Å². The molecule has 1 atom stereocenters. The Morgan fingerprint density at radius 1 is 1.40 bits per heavy atom. The van der Waals surface area contributed by atoms with Crippen molar-refractivity contribution in [2.45, 2.75) is 44.9 Å². The van der Waals surface area contributed by atoms with E-state index in [1.807, 2.05) is 6.92 Å². The second-order valence-corrected chi connectivity index (χ2v) is 5.55. The Bertz CT molecular complexity index is 614. The minimum absolute atomic E-state index is 0.147. The number of nitrogens with one attached hydrogen (secondary N) is 1. The van der Waals surface area contributed by atoms with E-state index in [4.69, 9.17) is 4.42 Å². The second-order valence-electron chi connectivity index (χ2n) is 5.55. The van der Waals surface area contributed by atoms with Crippen LogP contribution in [0.1, 0.15) is 49.7 Å². The van der Waals surface area contributed by atoms with Gasteiger partial charge in [-0.2, -0.15) is 0 Å². The summed E-state index contributed by atoms with van der Waals surface area (Å²) in [6.45, 7) is 2.68. The topological polar surface area (TPSA) is 42.2 Å². The molecule has 1 aromatic heterocycles. The van der Waals surface area contributed by atoms with Gasteiger partial charge in [0.25, 0.3) is 0 Å². The minimum atomic E-state index is 0.147. The molecule has 3 rings (SSSR count). The van der Waals surface area contributed by atoms with Crippen LogP contribution in [0.3, 0.4) is 0 Å². The summed E-state index contributed by atoms with van der Waals surface area (Å²) in [5, 5.41) is 4.24. The number of amides is 1. The molecule has 0 unspecified atom stereocenters. The fourth-order valence-corrected chi connectivity index (χ4v) is 3.28. The molecule has 1 aromatic carbocycles. The number of fused-ring (bicyclic) bond motifs is 3. The molecule has 1 aliphatic carbocycles. The maximum atomic E-state index is 11.2. The van der Waals surface area contributed by atoms with Crippen LogP contribution in [-0.4, -0.2) is 12.5 Å². The maximum absolute atomic E-state index is 11.2. The van der Waals surface area contributed by atoms with Gasteiger partial charge in [0.1, 0.15) is 5.58 Å². The quantitative estimate of drug-likeness (QED) is 0.841. The van der Waals surface area contributed by atoms with Crippen LogP contribution < -0.4 is 5.32 Å². The van der Waals surface area contributed by atoms with Crippen molar-refractivity contribution in [1.82, 2.24) is 5.32 Å². The lowest BCUT2D eigenvalue weighted by atomic mass is 9.93. The summed E-state index contributed by atoms with van der Waals surface area (Å²) >= 11 is 0. The zero-order valence-corrected chi connectivity index (χ0v) is 11.9. The van der Waals surface area contributed by atoms with Crippen molar-refractivity contribution < 1.29 is 9.21 Å². The molecule has 0 radical (unpaired) electrons. The monoisotopic (exact) mass is 271 g/mol. The van der Waals surface area contributed by atoms with Gasteiger partial charge in [0.05, 0.1) is 6.26 Å². The van der Waals surface area contributed by atoms with Crippen LogP contribution in [0.15, 0.2) is 28.9 Å². The normalized spacial score (nSPS) is 17.4. The van der Waals surface area contributed by atoms with Crippen LogP contribution in [0.25, 0.3) is 11.0 Å². The summed E-state index contributed by atoms with van der Waals surface area (Å²) in [7, 11) is 0. The molecular weight excluding hydrogens is 250 g/mol. The predicted octanol–water partition coefficient (Wildman–Crippen LogP) is 3.77. The Hall–Kier alpha value is -1.77. The Kier molecular flexibility index (Phi) is 3.77. The smallest absolute Gasteiger partial charge is 0.219 e. The summed E-state index contributed by atoms with van der Waals surface area (Å²) in [5.74, 6) is 0.763. The third-order valence-electron chi connectivity index (χ3n) is 4.31. The molecule has 0 aliphatic heterocycles. The highest BCUT2D eigenvalue weighted by molar-refractivity contribution is 5.83. The highest BCUT2D eigenvalue weighted by Crippen LogP contribution is 2.40. The molecule has 1 amide bonds. The lowest BCUT2D eigenvalue weighted by Crippen LogP contribution is -2.23. The van der Waals surface area contributed by atoms with Crippen molar-refractivity contribution in [3.8, 4) is 0 Å². The van der Waals surface area contributed by atoms with Crippen molar-refractivity contribution in [1.29, 1.82) is 0 Å². The van der Waals surface area contributed by atoms with Crippen molar-refractivity contribution >= 4 is 16.9 Å². The van der Waals surface area contributed by atoms with Crippen LogP contribution in [0.2, 0.25) is 0 Å². The van der Waals surface area contributed by atoms with Gasteiger partial charge in [-0.25, -0.2) is 0 Å². The van der Waals surface area contributed by atoms with Gasteiger partial charge in [0, 0.05) is 18.4 Å². The second kappa shape index (κ2) is 5.70. The number of furan rings is 1. The largest absolute Gasteiger partial charge is 0.464 e. The minimum Gasteiger partial charge on any atom is -0.464 e. The SMILES string of the molecule is CCC(=O)NCCC[C@@H]1CCc2ccc3occc3c21. The van der Waals surface area contributed by atoms with Gasteiger partial charge in [-0.05, 0) is 54.9 Å². The standard InChI is InChI=1S/C17H21NO2/c1-2-16(19)18-10-3-4-12-5-6-13-7-8-15-14(17(12)13)9-11-20-15/h7-9,11-12H,2-6,10H2,1H3,(H,18,19)/t12-/m1/s1. The number of benzene rings is 1. The summed E-state index contributed by atoms with van der Waals surface area (Å²) < 4.78 is 5.51. The van der Waals surface area contributed by atoms with Crippen LogP contribution in [0, 0.1) is 0 Å². The van der Waals surface area contributed by atoms with E-state index in [9.17, 15) is 4.79 Å². The van der Waals surface area contributed by atoms with Crippen molar-refractivity contribution in [3.63, 3.8) is 0 Å². The highest BCUT2D eigenvalue weighted by atomic mass is 16.3. The van der Waals surface area contributed by atoms with Gasteiger partial charge >= 0.3 is 0 Å². The van der Waals surface area contributed by atoms with E-state index in [1.165, 1.54) is 29.4 Å². The van der Waals surface area contributed by atoms with Crippen molar-refractivity contribution in [2.24, 2.45) is 0 Å². The zero-order chi connectivity index (χ0) is 13.9. The number of aryl methyl sites for hydroxylation is 1. The van der Waals surface area contributed by atoms with Crippen LogP contribution in [-0.2, 0) is 11.2 Å². The molecular formula is C17H21NO2. The van der Waals surface area contributed by atoms with E-state index in [0.29, 0.717) is 12.3 Å². The lowest BCUT2D eigenvalue weighted by molar-refractivity contribution is -0.120. The molecule has 3 heteroatoms. The summed E-state index contributed by atoms with van der Waals surface area (Å²) in [4.78, 5) is 11.2. The maximum Gasteiger partial charge on any atom is 0.219 e. The van der Waals surface area contributed by atoms with E-state index in [2.05, 4.69) is 23.5 Å². The van der Waals surface area contributed by atoms with E-state index in [-0.39, 0.29) is 5.91 Å². The van der Waals surface area contributed by atoms with Gasteiger partial charge in [0.2, 0.25) is 5.91 Å². The van der Waals surface area contributed by atoms with Crippen LogP contribution in [0.5, 0.6) is 0 Å². The van der Waals surface area contributed by atoms with E-state index in [1.54, 1.807) is 6.26 Å². The summed E-state index contributed by atoms with van der Waals surface area (Å²) in [6.07, 6.45) is 6.93. The summed E-state index contributed by atoms with van der Waals surface area (Å²) in [6, 6.07) is 6.38. The average Bonchev–Trinajstić information content (AvgIpc) is 3.08. The lowest BCUT2D eigenvalue weighted by Gasteiger charge is -2.12. The fraction of sp³-hybridized carbons (Fsp3) is 0.471. The molecule has 0 bridgehead atoms. The molecule has 0 saturated heterocycles. The Morgan fingerprint density at radius 3 is 3.15 bits per heavy atom. The number of hydrogen-bond acceptors (Lipinski definition) is 2. The molecule has 1 heterocycles. The van der Waals surface area contributed by atoms with Gasteiger partial charge in [-0.1, -0.05) is 13.0 Å². The van der Waals surface area contributed by atoms with Gasteiger partial charge in [0.15, 0.2) is 0 Å². The molecule has 3 nitrogen and oxygen atoms in total. The first kappa shape index (κ1) is 13.2. The molecule has 0 fully saturated rings. The predicted molar refractivity (Wildman–Crippen MR) is 79.8 cm³/mol. The van der Waals surface area contributed by atoms with Gasteiger partial charge < -0.3 is 9.73 Å². The molecule has 0 saturated carbocycles. The first-order valence-corrected chi connectivity index (χ1v) is 7.55. The third kappa shape index (κ3) is 2.45. The van der Waals surface area contributed by atoms with Gasteiger partial charge in [-0.15, -0.1) is 0 Å². The van der Waals surface area contributed by atoms with Crippen molar-refractivity contribution in [3.05, 3.63) is 35.6 Å². The molecule has 106 valence electrons. The Labute approximate surface area is 119 Å². The number of carbonyl (C=O) groups is 1. The zero-order valence-electron chi connectivity index (χ0n) is 11.9. The summed E-state index contributed by atoms with van der Waals surface area (Å²) in [5.41, 5.74) is 3.95. The number of hydrogen-bond donors (Lipinski definition) is 1. The number of rotatable bonds is 5. The van der Waals surface area contributed by atoms with Crippen LogP contribution in [0.4, 0.5) is 0 Å². The van der Waals surface area contributed by atoms with E-state index >= 15 is 0 Å². The number of carbonyl (C=O) groups excluding carboxylic acids is 1. The fourth-order valence-electron chi connectivity index (χ4n) is 3.28. The average molecular weight is 271 g/mol. The Balaban J connectivity index is 1.66. The van der Waals surface area contributed by atoms with E-state index < -0.39 is 0 Å². The Morgan fingerprint density at radius 2 is 2.30 bits per heavy atom. The molecule has 1 aliphatic rings. The molecule has 0 spiro atoms. The van der Waals surface area contributed by atoms with Crippen molar-refractivity contribution in [2.75, 3.05) is 6.54 Å². The first-order valence-electron chi connectivity index (χ1n) is 7.55. The first-order chi connectivity index (χ1) is 9.79. The highest BCUT2D eigenvalue weighted by Gasteiger charge is 2.24. The molecule has 1 N–H and O–H groups in total. The van der Waals surface area contributed by atoms with Crippen LogP contribution >= 0.6 is 0 Å². The van der Waals surface area contributed by atoms with Gasteiger partial charge in [-0.3, -0.25) is 4.79 Å². The molecule has 20 heavy (non-hydrogen) atoms. The third-order valence-corrected chi connectivity index (χ3v) is 4.31.